The van der Waals surface area contributed by atoms with Crippen LogP contribution in [0.4, 0.5) is 5.69 Å². The number of pyridine rings is 1. The first-order valence-corrected chi connectivity index (χ1v) is 9.41. The quantitative estimate of drug-likeness (QED) is 0.673. The van der Waals surface area contributed by atoms with Crippen molar-refractivity contribution in [3.05, 3.63) is 53.9 Å². The summed E-state index contributed by atoms with van der Waals surface area (Å²) in [5.74, 6) is 0.980. The predicted octanol–water partition coefficient (Wildman–Crippen LogP) is 3.71. The highest BCUT2D eigenvalue weighted by Gasteiger charge is 2.15. The molecule has 26 heavy (non-hydrogen) atoms. The number of anilines is 1. The Balaban J connectivity index is 1.72. The van der Waals surface area contributed by atoms with Crippen LogP contribution in [-0.2, 0) is 11.3 Å². The Morgan fingerprint density at radius 2 is 1.96 bits per heavy atom. The van der Waals surface area contributed by atoms with Gasteiger partial charge in [-0.25, -0.2) is 0 Å². The van der Waals surface area contributed by atoms with Crippen LogP contribution in [-0.4, -0.2) is 31.4 Å². The van der Waals surface area contributed by atoms with Gasteiger partial charge < -0.3 is 9.88 Å². The Kier molecular flexibility index (Phi) is 5.68. The SMILES string of the molecule is CCn1c(SCC(=O)Nc2ccccc2)nnc1-c1cnc(C)c(C)c1. The number of thioether (sulfide) groups is 1. The summed E-state index contributed by atoms with van der Waals surface area (Å²) < 4.78 is 2.01. The largest absolute Gasteiger partial charge is 0.325 e. The maximum Gasteiger partial charge on any atom is 0.234 e. The van der Waals surface area contributed by atoms with Gasteiger partial charge in [-0.2, -0.15) is 0 Å². The van der Waals surface area contributed by atoms with E-state index in [2.05, 4.69) is 26.6 Å². The lowest BCUT2D eigenvalue weighted by Gasteiger charge is -2.08. The summed E-state index contributed by atoms with van der Waals surface area (Å²) in [5, 5.41) is 12.2. The van der Waals surface area contributed by atoms with Crippen LogP contribution in [0.15, 0.2) is 47.8 Å². The molecule has 0 aliphatic carbocycles. The van der Waals surface area contributed by atoms with E-state index in [4.69, 9.17) is 0 Å². The van der Waals surface area contributed by atoms with E-state index >= 15 is 0 Å². The molecule has 0 aliphatic heterocycles. The number of nitrogens with zero attached hydrogens (tertiary/aromatic N) is 4. The molecule has 6 nitrogen and oxygen atoms in total. The van der Waals surface area contributed by atoms with Gasteiger partial charge in [-0.05, 0) is 44.5 Å². The smallest absolute Gasteiger partial charge is 0.234 e. The number of amides is 1. The van der Waals surface area contributed by atoms with Crippen LogP contribution in [0.5, 0.6) is 0 Å². The lowest BCUT2D eigenvalue weighted by molar-refractivity contribution is -0.113. The normalized spacial score (nSPS) is 10.7. The maximum atomic E-state index is 12.1. The van der Waals surface area contributed by atoms with E-state index in [1.807, 2.05) is 61.9 Å². The fourth-order valence-corrected chi connectivity index (χ4v) is 3.31. The molecule has 2 aromatic heterocycles. The summed E-state index contributed by atoms with van der Waals surface area (Å²) in [7, 11) is 0. The third kappa shape index (κ3) is 4.11. The predicted molar refractivity (Wildman–Crippen MR) is 104 cm³/mol. The monoisotopic (exact) mass is 367 g/mol. The van der Waals surface area contributed by atoms with Crippen LogP contribution in [0.1, 0.15) is 18.2 Å². The Labute approximate surface area is 157 Å². The molecule has 3 rings (SSSR count). The molecule has 0 saturated heterocycles. The van der Waals surface area contributed by atoms with Crippen LogP contribution in [0.2, 0.25) is 0 Å². The number of hydrogen-bond donors (Lipinski definition) is 1. The first-order chi connectivity index (χ1) is 12.6. The molecular weight excluding hydrogens is 346 g/mol. The average molecular weight is 367 g/mol. The van der Waals surface area contributed by atoms with Crippen molar-refractivity contribution in [2.24, 2.45) is 0 Å². The minimum Gasteiger partial charge on any atom is -0.325 e. The second-order valence-corrected chi connectivity index (χ2v) is 6.82. The highest BCUT2D eigenvalue weighted by atomic mass is 32.2. The molecule has 0 aliphatic rings. The number of rotatable bonds is 6. The van der Waals surface area contributed by atoms with Crippen molar-refractivity contribution in [3.8, 4) is 11.4 Å². The topological polar surface area (TPSA) is 72.7 Å². The standard InChI is InChI=1S/C19H21N5OS/c1-4-24-18(15-10-13(2)14(3)20-11-15)22-23-19(24)26-12-17(25)21-16-8-6-5-7-9-16/h5-11H,4,12H2,1-3H3,(H,21,25). The van der Waals surface area contributed by atoms with Crippen LogP contribution < -0.4 is 5.32 Å². The zero-order valence-corrected chi connectivity index (χ0v) is 15.9. The van der Waals surface area contributed by atoms with Crippen LogP contribution in [0.3, 0.4) is 0 Å². The van der Waals surface area contributed by atoms with Crippen molar-refractivity contribution in [1.82, 2.24) is 19.7 Å². The molecule has 134 valence electrons. The highest BCUT2D eigenvalue weighted by molar-refractivity contribution is 7.99. The molecule has 1 N–H and O–H groups in total. The minimum absolute atomic E-state index is 0.0683. The Bertz CT molecular complexity index is 908. The summed E-state index contributed by atoms with van der Waals surface area (Å²) in [6.07, 6.45) is 1.81. The molecule has 0 unspecified atom stereocenters. The van der Waals surface area contributed by atoms with E-state index in [9.17, 15) is 4.79 Å². The molecule has 0 spiro atoms. The average Bonchev–Trinajstić information content (AvgIpc) is 3.06. The van der Waals surface area contributed by atoms with Crippen molar-refractivity contribution in [2.45, 2.75) is 32.5 Å². The molecule has 0 fully saturated rings. The van der Waals surface area contributed by atoms with Gasteiger partial charge in [0.2, 0.25) is 5.91 Å². The fourth-order valence-electron chi connectivity index (χ4n) is 2.51. The molecule has 0 bridgehead atoms. The zero-order valence-electron chi connectivity index (χ0n) is 15.1. The van der Waals surface area contributed by atoms with Crippen molar-refractivity contribution in [2.75, 3.05) is 11.1 Å². The van der Waals surface area contributed by atoms with E-state index in [1.165, 1.54) is 11.8 Å². The lowest BCUT2D eigenvalue weighted by atomic mass is 10.1. The van der Waals surface area contributed by atoms with E-state index in [0.717, 1.165) is 40.0 Å². The Morgan fingerprint density at radius 3 is 2.65 bits per heavy atom. The van der Waals surface area contributed by atoms with Gasteiger partial charge in [0.1, 0.15) is 0 Å². The third-order valence-electron chi connectivity index (χ3n) is 4.02. The number of hydrogen-bond acceptors (Lipinski definition) is 5. The van der Waals surface area contributed by atoms with Gasteiger partial charge in [0.25, 0.3) is 0 Å². The van der Waals surface area contributed by atoms with Crippen LogP contribution >= 0.6 is 11.8 Å². The number of nitrogens with one attached hydrogen (secondary N) is 1. The number of para-hydroxylation sites is 1. The lowest BCUT2D eigenvalue weighted by Crippen LogP contribution is -2.14. The first kappa shape index (κ1) is 18.1. The first-order valence-electron chi connectivity index (χ1n) is 8.43. The molecule has 1 aromatic carbocycles. The molecular formula is C19H21N5OS. The van der Waals surface area contributed by atoms with Gasteiger partial charge >= 0.3 is 0 Å². The summed E-state index contributed by atoms with van der Waals surface area (Å²) in [4.78, 5) is 16.6. The van der Waals surface area contributed by atoms with E-state index in [1.54, 1.807) is 0 Å². The van der Waals surface area contributed by atoms with Gasteiger partial charge in [0.05, 0.1) is 5.75 Å². The molecule has 0 radical (unpaired) electrons. The summed E-state index contributed by atoms with van der Waals surface area (Å²) in [6.45, 7) is 6.77. The van der Waals surface area contributed by atoms with Crippen molar-refractivity contribution in [1.29, 1.82) is 0 Å². The Morgan fingerprint density at radius 1 is 1.19 bits per heavy atom. The number of carbonyl (C=O) groups excluding carboxylic acids is 1. The van der Waals surface area contributed by atoms with Gasteiger partial charge in [-0.3, -0.25) is 9.78 Å². The van der Waals surface area contributed by atoms with Crippen molar-refractivity contribution < 1.29 is 4.79 Å². The molecule has 0 saturated carbocycles. The number of aromatic nitrogens is 4. The summed E-state index contributed by atoms with van der Waals surface area (Å²) >= 11 is 1.38. The summed E-state index contributed by atoms with van der Waals surface area (Å²) in [6, 6.07) is 11.5. The molecule has 3 aromatic rings. The van der Waals surface area contributed by atoms with Gasteiger partial charge in [0, 0.05) is 29.7 Å². The Hall–Kier alpha value is -2.67. The van der Waals surface area contributed by atoms with E-state index < -0.39 is 0 Å². The van der Waals surface area contributed by atoms with Crippen molar-refractivity contribution in [3.63, 3.8) is 0 Å². The molecule has 0 atom stereocenters. The highest BCUT2D eigenvalue weighted by Crippen LogP contribution is 2.24. The van der Waals surface area contributed by atoms with E-state index in [0.29, 0.717) is 0 Å². The fraction of sp³-hybridized carbons (Fsp3) is 0.263. The van der Waals surface area contributed by atoms with Gasteiger partial charge in [0.15, 0.2) is 11.0 Å². The van der Waals surface area contributed by atoms with Crippen LogP contribution in [0, 0.1) is 13.8 Å². The third-order valence-corrected chi connectivity index (χ3v) is 4.99. The second-order valence-electron chi connectivity index (χ2n) is 5.88. The number of aryl methyl sites for hydroxylation is 2. The summed E-state index contributed by atoms with van der Waals surface area (Å²) in [5.41, 5.74) is 3.84. The van der Waals surface area contributed by atoms with Gasteiger partial charge in [-0.1, -0.05) is 30.0 Å². The maximum absolute atomic E-state index is 12.1. The number of benzene rings is 1. The second kappa shape index (κ2) is 8.14. The van der Waals surface area contributed by atoms with E-state index in [-0.39, 0.29) is 11.7 Å². The zero-order chi connectivity index (χ0) is 18.5. The number of carbonyl (C=O) groups is 1. The van der Waals surface area contributed by atoms with Gasteiger partial charge in [-0.15, -0.1) is 10.2 Å². The molecule has 7 heteroatoms. The minimum atomic E-state index is -0.0683. The molecule has 1 amide bonds. The molecule has 2 heterocycles. The van der Waals surface area contributed by atoms with Crippen molar-refractivity contribution >= 4 is 23.4 Å². The van der Waals surface area contributed by atoms with Crippen LogP contribution in [0.25, 0.3) is 11.4 Å².